The van der Waals surface area contributed by atoms with E-state index in [9.17, 15) is 4.79 Å². The lowest BCUT2D eigenvalue weighted by Gasteiger charge is -2.29. The second-order valence-corrected chi connectivity index (χ2v) is 8.31. The van der Waals surface area contributed by atoms with Gasteiger partial charge < -0.3 is 15.0 Å². The van der Waals surface area contributed by atoms with E-state index in [4.69, 9.17) is 16.3 Å². The quantitative estimate of drug-likeness (QED) is 0.457. The predicted octanol–water partition coefficient (Wildman–Crippen LogP) is 3.21. The first-order valence-corrected chi connectivity index (χ1v) is 11.2. The molecule has 0 bridgehead atoms. The molecule has 2 aromatic heterocycles. The third kappa shape index (κ3) is 4.42. The number of nitrogens with one attached hydrogen (secondary N) is 1. The fourth-order valence-electron chi connectivity index (χ4n) is 4.01. The smallest absolute Gasteiger partial charge is 0.255 e. The number of ether oxygens (including phenoxy) is 1. The number of benzene rings is 2. The Morgan fingerprint density at radius 1 is 1.18 bits per heavy atom. The summed E-state index contributed by atoms with van der Waals surface area (Å²) in [6.45, 7) is 2.10. The highest BCUT2D eigenvalue weighted by Crippen LogP contribution is 2.29. The highest BCUT2D eigenvalue weighted by Gasteiger charge is 2.19. The van der Waals surface area contributed by atoms with E-state index in [2.05, 4.69) is 55.0 Å². The summed E-state index contributed by atoms with van der Waals surface area (Å²) >= 11 is 6.37. The monoisotopic (exact) mass is 475 g/mol. The van der Waals surface area contributed by atoms with Gasteiger partial charge in [-0.05, 0) is 45.7 Å². The van der Waals surface area contributed by atoms with E-state index in [0.29, 0.717) is 28.6 Å². The lowest BCUT2D eigenvalue weighted by atomic mass is 10.00. The molecule has 0 saturated carbocycles. The average Bonchev–Trinajstić information content (AvgIpc) is 3.42. The molecule has 1 N–H and O–H groups in total. The molecule has 9 nitrogen and oxygen atoms in total. The SMILES string of the molecule is COc1cc(-n2cnnn2)c(Cl)cc1C(=O)NCc1ccc(N2CCc3ccccc3C2)nc1. The van der Waals surface area contributed by atoms with Crippen LogP contribution in [0.2, 0.25) is 5.02 Å². The number of nitrogens with zero attached hydrogens (tertiary/aromatic N) is 6. The van der Waals surface area contributed by atoms with Gasteiger partial charge >= 0.3 is 0 Å². The van der Waals surface area contributed by atoms with Crippen molar-refractivity contribution in [1.82, 2.24) is 30.5 Å². The van der Waals surface area contributed by atoms with Crippen molar-refractivity contribution in [3.05, 3.63) is 88.3 Å². The van der Waals surface area contributed by atoms with Crippen LogP contribution in [0, 0.1) is 0 Å². The average molecular weight is 476 g/mol. The molecule has 10 heteroatoms. The van der Waals surface area contributed by atoms with Gasteiger partial charge in [0, 0.05) is 31.9 Å². The third-order valence-corrected chi connectivity index (χ3v) is 6.13. The van der Waals surface area contributed by atoms with Crippen molar-refractivity contribution in [1.29, 1.82) is 0 Å². The number of anilines is 1. The fourth-order valence-corrected chi connectivity index (χ4v) is 4.26. The number of amides is 1. The second-order valence-electron chi connectivity index (χ2n) is 7.91. The minimum Gasteiger partial charge on any atom is -0.496 e. The molecule has 0 aliphatic carbocycles. The van der Waals surface area contributed by atoms with Gasteiger partial charge in [0.25, 0.3) is 5.91 Å². The Hall–Kier alpha value is -3.98. The van der Waals surface area contributed by atoms with Crippen LogP contribution in [-0.4, -0.2) is 44.8 Å². The zero-order valence-corrected chi connectivity index (χ0v) is 19.2. The number of carbonyl (C=O) groups excluding carboxylic acids is 1. The number of rotatable bonds is 6. The number of carbonyl (C=O) groups is 1. The number of pyridine rings is 1. The molecule has 1 aliphatic heterocycles. The molecule has 1 aliphatic rings. The molecule has 3 heterocycles. The summed E-state index contributed by atoms with van der Waals surface area (Å²) in [4.78, 5) is 19.7. The number of halogens is 1. The molecule has 5 rings (SSSR count). The number of aromatic nitrogens is 5. The Kier molecular flexibility index (Phi) is 6.09. The van der Waals surface area contributed by atoms with Crippen molar-refractivity contribution >= 4 is 23.3 Å². The van der Waals surface area contributed by atoms with Crippen LogP contribution in [0.15, 0.2) is 61.1 Å². The summed E-state index contributed by atoms with van der Waals surface area (Å²) in [6.07, 6.45) is 4.22. The second kappa shape index (κ2) is 9.48. The molecule has 0 unspecified atom stereocenters. The minimum absolute atomic E-state index is 0.307. The maximum Gasteiger partial charge on any atom is 0.255 e. The highest BCUT2D eigenvalue weighted by molar-refractivity contribution is 6.33. The number of hydrogen-bond acceptors (Lipinski definition) is 7. The van der Waals surface area contributed by atoms with Crippen LogP contribution < -0.4 is 15.0 Å². The summed E-state index contributed by atoms with van der Waals surface area (Å²) in [5, 5.41) is 14.3. The first-order valence-electron chi connectivity index (χ1n) is 10.8. The van der Waals surface area contributed by atoms with Crippen LogP contribution in [0.3, 0.4) is 0 Å². The van der Waals surface area contributed by atoms with Crippen LogP contribution in [0.5, 0.6) is 5.75 Å². The van der Waals surface area contributed by atoms with Gasteiger partial charge in [-0.1, -0.05) is 41.9 Å². The van der Waals surface area contributed by atoms with E-state index < -0.39 is 0 Å². The van der Waals surface area contributed by atoms with Crippen molar-refractivity contribution in [3.8, 4) is 11.4 Å². The maximum absolute atomic E-state index is 12.9. The van der Waals surface area contributed by atoms with E-state index in [1.807, 2.05) is 12.1 Å². The molecule has 0 fully saturated rings. The van der Waals surface area contributed by atoms with Crippen molar-refractivity contribution in [2.24, 2.45) is 0 Å². The predicted molar refractivity (Wildman–Crippen MR) is 127 cm³/mol. The zero-order valence-electron chi connectivity index (χ0n) is 18.5. The first-order chi connectivity index (χ1) is 16.6. The van der Waals surface area contributed by atoms with Crippen LogP contribution in [0.4, 0.5) is 5.82 Å². The number of methoxy groups -OCH3 is 1. The molecule has 2 aromatic carbocycles. The minimum atomic E-state index is -0.307. The summed E-state index contributed by atoms with van der Waals surface area (Å²) < 4.78 is 6.80. The first kappa shape index (κ1) is 21.8. The van der Waals surface area contributed by atoms with E-state index in [1.54, 1.807) is 18.3 Å². The van der Waals surface area contributed by atoms with Gasteiger partial charge in [-0.2, -0.15) is 4.68 Å². The van der Waals surface area contributed by atoms with E-state index >= 15 is 0 Å². The molecule has 172 valence electrons. The van der Waals surface area contributed by atoms with Gasteiger partial charge in [0.1, 0.15) is 17.9 Å². The molecule has 0 atom stereocenters. The molecular weight excluding hydrogens is 454 g/mol. The molecule has 0 spiro atoms. The highest BCUT2D eigenvalue weighted by atomic mass is 35.5. The zero-order chi connectivity index (χ0) is 23.5. The summed E-state index contributed by atoms with van der Waals surface area (Å²) in [5.41, 5.74) is 4.47. The van der Waals surface area contributed by atoms with Crippen molar-refractivity contribution in [2.75, 3.05) is 18.6 Å². The number of hydrogen-bond donors (Lipinski definition) is 1. The number of fused-ring (bicyclic) bond motifs is 1. The van der Waals surface area contributed by atoms with Crippen LogP contribution >= 0.6 is 11.6 Å². The Balaban J connectivity index is 1.25. The van der Waals surface area contributed by atoms with E-state index in [1.165, 1.54) is 29.2 Å². The summed E-state index contributed by atoms with van der Waals surface area (Å²) in [6, 6.07) is 15.7. The largest absolute Gasteiger partial charge is 0.496 e. The number of tetrazole rings is 1. The van der Waals surface area contributed by atoms with Gasteiger partial charge in [-0.3, -0.25) is 4.79 Å². The Morgan fingerprint density at radius 2 is 2.03 bits per heavy atom. The summed E-state index contributed by atoms with van der Waals surface area (Å²) in [7, 11) is 1.49. The normalized spacial score (nSPS) is 12.8. The van der Waals surface area contributed by atoms with Crippen LogP contribution in [0.25, 0.3) is 5.69 Å². The summed E-state index contributed by atoms with van der Waals surface area (Å²) in [5.74, 6) is 0.987. The Morgan fingerprint density at radius 3 is 2.76 bits per heavy atom. The van der Waals surface area contributed by atoms with Gasteiger partial charge in [0.05, 0.1) is 23.4 Å². The van der Waals surface area contributed by atoms with Crippen molar-refractivity contribution < 1.29 is 9.53 Å². The van der Waals surface area contributed by atoms with Gasteiger partial charge in [-0.25, -0.2) is 4.98 Å². The van der Waals surface area contributed by atoms with Crippen LogP contribution in [-0.2, 0) is 19.5 Å². The Bertz CT molecular complexity index is 1310. The molecule has 0 saturated heterocycles. The topological polar surface area (TPSA) is 98.1 Å². The van der Waals surface area contributed by atoms with Crippen LogP contribution in [0.1, 0.15) is 27.0 Å². The van der Waals surface area contributed by atoms with Gasteiger partial charge in [0.2, 0.25) is 0 Å². The Labute approximate surface area is 201 Å². The lowest BCUT2D eigenvalue weighted by molar-refractivity contribution is 0.0948. The molecule has 0 radical (unpaired) electrons. The van der Waals surface area contributed by atoms with Gasteiger partial charge in [-0.15, -0.1) is 5.10 Å². The van der Waals surface area contributed by atoms with E-state index in [-0.39, 0.29) is 5.91 Å². The molecule has 34 heavy (non-hydrogen) atoms. The molecular formula is C24H22ClN7O2. The fraction of sp³-hybridized carbons (Fsp3) is 0.208. The van der Waals surface area contributed by atoms with Crippen molar-refractivity contribution in [3.63, 3.8) is 0 Å². The van der Waals surface area contributed by atoms with E-state index in [0.717, 1.165) is 30.9 Å². The van der Waals surface area contributed by atoms with Crippen molar-refractivity contribution in [2.45, 2.75) is 19.5 Å². The third-order valence-electron chi connectivity index (χ3n) is 5.83. The lowest BCUT2D eigenvalue weighted by Crippen LogP contribution is -2.31. The van der Waals surface area contributed by atoms with Gasteiger partial charge in [0.15, 0.2) is 0 Å². The molecule has 4 aromatic rings. The molecule has 1 amide bonds. The standard InChI is InChI=1S/C24H22ClN7O2/c1-34-22-11-21(32-15-28-29-30-32)20(25)10-19(22)24(33)27-13-16-6-7-23(26-12-16)31-9-8-17-4-2-3-5-18(17)14-31/h2-7,10-12,15H,8-9,13-14H2,1H3,(H,27,33). The maximum atomic E-state index is 12.9.